The largest absolute Gasteiger partial charge is 0.472 e. The zero-order valence-corrected chi connectivity index (χ0v) is 48.4. The van der Waals surface area contributed by atoms with Gasteiger partial charge in [0.2, 0.25) is 11.8 Å². The Balaban J connectivity index is 1.37. The minimum absolute atomic E-state index is 0.0404. The fourth-order valence-electron chi connectivity index (χ4n) is 9.99. The number of phosphoric ester groups is 1. The quantitative estimate of drug-likeness (QED) is 0.0247. The second-order valence-electron chi connectivity index (χ2n) is 21.9. The summed E-state index contributed by atoms with van der Waals surface area (Å²) in [7, 11) is -4.87. The molecule has 5 rings (SSSR count). The number of Topliss-reactive ketones (excluding diaryl/α,β-unsaturated/α-hetero) is 3. The van der Waals surface area contributed by atoms with E-state index in [1.54, 1.807) is 58.0 Å². The molecule has 0 bridgehead atoms. The van der Waals surface area contributed by atoms with Gasteiger partial charge in [-0.25, -0.2) is 9.36 Å². The topological polar surface area (TPSA) is 213 Å². The molecule has 7 atom stereocenters. The van der Waals surface area contributed by atoms with Crippen LogP contribution in [0.1, 0.15) is 167 Å². The van der Waals surface area contributed by atoms with Gasteiger partial charge in [0.05, 0.1) is 36.9 Å². The zero-order valence-electron chi connectivity index (χ0n) is 47.5. The van der Waals surface area contributed by atoms with Crippen molar-refractivity contribution in [3.63, 3.8) is 0 Å². The van der Waals surface area contributed by atoms with Gasteiger partial charge in [-0.2, -0.15) is 0 Å². The van der Waals surface area contributed by atoms with E-state index >= 15 is 0 Å². The second kappa shape index (κ2) is 32.4. The fraction of sp³-hybridized carbons (Fsp3) is 0.524. The maximum atomic E-state index is 14.8. The summed E-state index contributed by atoms with van der Waals surface area (Å²) in [5.41, 5.74) is 5.16. The molecule has 79 heavy (non-hydrogen) atoms. The number of aryl methyl sites for hydroxylation is 1. The van der Waals surface area contributed by atoms with Gasteiger partial charge in [-0.1, -0.05) is 174 Å². The first-order valence-electron chi connectivity index (χ1n) is 28.4. The van der Waals surface area contributed by atoms with Crippen molar-refractivity contribution in [1.29, 1.82) is 0 Å². The number of carbonyl (C=O) groups excluding carboxylic acids is 6. The third kappa shape index (κ3) is 21.6. The van der Waals surface area contributed by atoms with Gasteiger partial charge in [0.1, 0.15) is 24.5 Å². The number of phosphoric acid groups is 1. The number of unbranched alkanes of at least 4 members (excludes halogenated alkanes) is 7. The summed E-state index contributed by atoms with van der Waals surface area (Å²) < 4.78 is 36.4. The third-order valence-electron chi connectivity index (χ3n) is 14.6. The number of ketones is 3. The summed E-state index contributed by atoms with van der Waals surface area (Å²) >= 11 is 0. The number of fused-ring (bicyclic) bond motifs is 3. The molecule has 0 aliphatic heterocycles. The van der Waals surface area contributed by atoms with Crippen LogP contribution in [0.2, 0.25) is 0 Å². The molecule has 16 heteroatoms. The Labute approximate surface area is 468 Å². The standard InChI is InChI=1S/C63H86N3O12P/c1-8-10-17-38-55(58(68)9-2)64-60(70)53(45(4)78-79(73,74)77-41-47-31-21-16-22-32-47)40-59(69)57(43-76-63(5,6)7)65-61(71)56(39-48(44(3)67)33-23-14-12-11-13-18-28-46-29-19-15-20-30-46)66-62(72)75-42-54-51-36-26-24-34-49(51)50-35-25-27-37-52(50)54/h15-16,19-22,24-27,29-32,34-37,45,48,53-57H,8-14,17-18,23,28,33,38-43H2,1-7H3,(H,64,70)(H,65,71)(H,66,72)(H,73,74)/t45-,48+,53+,55?,56+,57+/m1/s1. The molecule has 1 aliphatic carbocycles. The highest BCUT2D eigenvalue weighted by Crippen LogP contribution is 2.47. The maximum absolute atomic E-state index is 14.8. The summed E-state index contributed by atoms with van der Waals surface area (Å²) in [5.74, 6) is -5.04. The van der Waals surface area contributed by atoms with Crippen molar-refractivity contribution in [2.24, 2.45) is 11.8 Å². The van der Waals surface area contributed by atoms with Gasteiger partial charge < -0.3 is 30.3 Å². The van der Waals surface area contributed by atoms with Crippen LogP contribution in [0.4, 0.5) is 4.79 Å². The molecule has 0 heterocycles. The van der Waals surface area contributed by atoms with Crippen LogP contribution in [-0.2, 0) is 60.1 Å². The van der Waals surface area contributed by atoms with E-state index in [4.69, 9.17) is 18.5 Å². The van der Waals surface area contributed by atoms with E-state index in [1.807, 2.05) is 73.7 Å². The van der Waals surface area contributed by atoms with E-state index in [0.717, 1.165) is 73.6 Å². The van der Waals surface area contributed by atoms with Crippen LogP contribution in [0.15, 0.2) is 109 Å². The van der Waals surface area contributed by atoms with Crippen molar-refractivity contribution >= 4 is 43.1 Å². The summed E-state index contributed by atoms with van der Waals surface area (Å²) in [5, 5.41) is 8.34. The number of nitrogens with one attached hydrogen (secondary N) is 3. The van der Waals surface area contributed by atoms with E-state index in [0.29, 0.717) is 31.2 Å². The number of alkyl carbamates (subject to hydrolysis) is 1. The van der Waals surface area contributed by atoms with E-state index in [2.05, 4.69) is 28.1 Å². The minimum atomic E-state index is -4.87. The molecule has 0 saturated heterocycles. The Morgan fingerprint density at radius 3 is 1.80 bits per heavy atom. The van der Waals surface area contributed by atoms with Gasteiger partial charge >= 0.3 is 13.9 Å². The molecule has 0 fully saturated rings. The van der Waals surface area contributed by atoms with Crippen LogP contribution >= 0.6 is 7.82 Å². The summed E-state index contributed by atoms with van der Waals surface area (Å²) in [6, 6.07) is 31.2. The lowest BCUT2D eigenvalue weighted by Crippen LogP contribution is -2.55. The third-order valence-corrected chi connectivity index (χ3v) is 15.6. The molecule has 4 aromatic rings. The van der Waals surface area contributed by atoms with Crippen LogP contribution in [0.25, 0.3) is 11.1 Å². The molecular weight excluding hydrogens is 1020 g/mol. The van der Waals surface area contributed by atoms with E-state index in [1.165, 1.54) is 19.4 Å². The molecule has 15 nitrogen and oxygen atoms in total. The van der Waals surface area contributed by atoms with Crippen molar-refractivity contribution < 1.29 is 56.7 Å². The van der Waals surface area contributed by atoms with E-state index in [-0.39, 0.29) is 50.1 Å². The Morgan fingerprint density at radius 1 is 0.646 bits per heavy atom. The summed E-state index contributed by atoms with van der Waals surface area (Å²) in [6.07, 6.45) is 6.99. The molecule has 0 radical (unpaired) electrons. The highest BCUT2D eigenvalue weighted by Gasteiger charge is 2.39. The Bertz CT molecular complexity index is 2580. The summed E-state index contributed by atoms with van der Waals surface area (Å²) in [6.45, 7) is 11.1. The lowest BCUT2D eigenvalue weighted by molar-refractivity contribution is -0.138. The molecule has 0 aromatic heterocycles. The smallest absolute Gasteiger partial charge is 0.449 e. The number of hydrogen-bond donors (Lipinski definition) is 4. The fourth-order valence-corrected chi connectivity index (χ4v) is 10.9. The number of rotatable bonds is 36. The van der Waals surface area contributed by atoms with Gasteiger partial charge in [-0.3, -0.25) is 33.0 Å². The predicted molar refractivity (Wildman–Crippen MR) is 307 cm³/mol. The first-order valence-corrected chi connectivity index (χ1v) is 29.9. The van der Waals surface area contributed by atoms with Crippen LogP contribution in [0.5, 0.6) is 0 Å². The van der Waals surface area contributed by atoms with Gasteiger partial charge in [-0.05, 0) is 100 Å². The lowest BCUT2D eigenvalue weighted by atomic mass is 9.89. The van der Waals surface area contributed by atoms with Gasteiger partial charge in [-0.15, -0.1) is 0 Å². The average molecular weight is 1110 g/mol. The number of ether oxygens (including phenoxy) is 2. The van der Waals surface area contributed by atoms with Crippen molar-refractivity contribution in [2.45, 2.75) is 187 Å². The molecule has 2 unspecified atom stereocenters. The minimum Gasteiger partial charge on any atom is -0.449 e. The summed E-state index contributed by atoms with van der Waals surface area (Å²) in [4.78, 5) is 95.6. The number of amides is 3. The van der Waals surface area contributed by atoms with Crippen molar-refractivity contribution in [1.82, 2.24) is 16.0 Å². The second-order valence-corrected chi connectivity index (χ2v) is 23.3. The molecule has 430 valence electrons. The molecular formula is C63H86N3O12P. The molecule has 4 N–H and O–H groups in total. The first-order chi connectivity index (χ1) is 37.8. The van der Waals surface area contributed by atoms with Crippen LogP contribution in [-0.4, -0.2) is 83.2 Å². The normalized spacial score (nSPS) is 15.2. The number of carbonyl (C=O) groups is 6. The van der Waals surface area contributed by atoms with Crippen molar-refractivity contribution in [3.8, 4) is 11.1 Å². The van der Waals surface area contributed by atoms with Crippen LogP contribution in [0, 0.1) is 11.8 Å². The van der Waals surface area contributed by atoms with Crippen LogP contribution in [0.3, 0.4) is 0 Å². The molecule has 3 amide bonds. The SMILES string of the molecule is CCCCCC(NC(=O)[C@@H](CC(=O)[C@H](COC(C)(C)C)NC(=O)[C@H](C[C@H](CCCCCCCCc1ccccc1)C(C)=O)NC(=O)OCC1c2ccccc2-c2ccccc21)[C@@H](C)OP(=O)(O)OCc1ccccc1)C(=O)CC. The highest BCUT2D eigenvalue weighted by atomic mass is 31.2. The lowest BCUT2D eigenvalue weighted by Gasteiger charge is -2.30. The maximum Gasteiger partial charge on any atom is 0.472 e. The van der Waals surface area contributed by atoms with E-state index < -0.39 is 79.6 Å². The zero-order chi connectivity index (χ0) is 57.4. The monoisotopic (exact) mass is 1110 g/mol. The van der Waals surface area contributed by atoms with Crippen LogP contribution < -0.4 is 16.0 Å². The Morgan fingerprint density at radius 2 is 1.20 bits per heavy atom. The Hall–Kier alpha value is -5.83. The van der Waals surface area contributed by atoms with Crippen molar-refractivity contribution in [3.05, 3.63) is 131 Å². The average Bonchev–Trinajstić information content (AvgIpc) is 3.83. The molecule has 0 saturated carbocycles. The predicted octanol–water partition coefficient (Wildman–Crippen LogP) is 12.1. The number of benzene rings is 4. The van der Waals surface area contributed by atoms with Crippen molar-refractivity contribution in [2.75, 3.05) is 13.2 Å². The molecule has 0 spiro atoms. The Kier molecular flexibility index (Phi) is 26.3. The molecule has 4 aromatic carbocycles. The van der Waals surface area contributed by atoms with E-state index in [9.17, 15) is 38.2 Å². The molecule has 1 aliphatic rings. The highest BCUT2D eigenvalue weighted by molar-refractivity contribution is 7.47. The van der Waals surface area contributed by atoms with Gasteiger partial charge in [0.25, 0.3) is 0 Å². The van der Waals surface area contributed by atoms with Gasteiger partial charge in [0.15, 0.2) is 11.6 Å². The number of hydrogen-bond acceptors (Lipinski definition) is 11. The first kappa shape index (κ1) is 64.0. The van der Waals surface area contributed by atoms with Gasteiger partial charge in [0, 0.05) is 24.7 Å².